The van der Waals surface area contributed by atoms with Crippen molar-refractivity contribution in [2.45, 2.75) is 33.1 Å². The first-order valence-corrected chi connectivity index (χ1v) is 9.36. The SMILES string of the molecule is Cc1cc(C(=O)NNC(=O)CC(C)c2ccccc2)c(C)n1-c1ccccc1. The zero-order valence-electron chi connectivity index (χ0n) is 16.4. The molecule has 0 radical (unpaired) electrons. The molecule has 1 aromatic heterocycles. The van der Waals surface area contributed by atoms with Crippen LogP contribution in [0.15, 0.2) is 66.7 Å². The predicted molar refractivity (Wildman–Crippen MR) is 110 cm³/mol. The average Bonchev–Trinajstić information content (AvgIpc) is 3.01. The summed E-state index contributed by atoms with van der Waals surface area (Å²) in [5.41, 5.74) is 9.48. The van der Waals surface area contributed by atoms with Crippen molar-refractivity contribution in [2.24, 2.45) is 0 Å². The van der Waals surface area contributed by atoms with Gasteiger partial charge >= 0.3 is 0 Å². The molecule has 3 rings (SSSR count). The zero-order chi connectivity index (χ0) is 20.1. The van der Waals surface area contributed by atoms with Gasteiger partial charge in [-0.05, 0) is 43.5 Å². The van der Waals surface area contributed by atoms with Crippen molar-refractivity contribution in [1.82, 2.24) is 15.4 Å². The van der Waals surface area contributed by atoms with Crippen molar-refractivity contribution in [1.29, 1.82) is 0 Å². The monoisotopic (exact) mass is 375 g/mol. The van der Waals surface area contributed by atoms with Gasteiger partial charge in [-0.15, -0.1) is 0 Å². The highest BCUT2D eigenvalue weighted by molar-refractivity contribution is 5.97. The molecular weight excluding hydrogens is 350 g/mol. The Balaban J connectivity index is 1.63. The number of aryl methyl sites for hydroxylation is 1. The summed E-state index contributed by atoms with van der Waals surface area (Å²) in [7, 11) is 0. The highest BCUT2D eigenvalue weighted by atomic mass is 16.2. The molecule has 0 fully saturated rings. The minimum atomic E-state index is -0.323. The van der Waals surface area contributed by atoms with Gasteiger partial charge < -0.3 is 4.57 Å². The lowest BCUT2D eigenvalue weighted by atomic mass is 9.98. The summed E-state index contributed by atoms with van der Waals surface area (Å²) in [4.78, 5) is 24.8. The maximum Gasteiger partial charge on any atom is 0.271 e. The van der Waals surface area contributed by atoms with E-state index in [2.05, 4.69) is 10.9 Å². The van der Waals surface area contributed by atoms with Gasteiger partial charge in [-0.1, -0.05) is 55.5 Å². The summed E-state index contributed by atoms with van der Waals surface area (Å²) in [5.74, 6) is -0.473. The van der Waals surface area contributed by atoms with Crippen LogP contribution in [0.1, 0.15) is 46.6 Å². The van der Waals surface area contributed by atoms with Gasteiger partial charge in [-0.25, -0.2) is 0 Å². The van der Waals surface area contributed by atoms with Crippen LogP contribution in [-0.4, -0.2) is 16.4 Å². The summed E-state index contributed by atoms with van der Waals surface area (Å²) in [5, 5.41) is 0. The van der Waals surface area contributed by atoms with Crippen LogP contribution in [0.25, 0.3) is 5.69 Å². The third-order valence-electron chi connectivity index (χ3n) is 4.87. The van der Waals surface area contributed by atoms with Gasteiger partial charge in [0.15, 0.2) is 0 Å². The van der Waals surface area contributed by atoms with E-state index in [1.807, 2.05) is 92.1 Å². The molecule has 2 N–H and O–H groups in total. The third kappa shape index (κ3) is 4.31. The number of aromatic nitrogens is 1. The van der Waals surface area contributed by atoms with Crippen LogP contribution in [0.4, 0.5) is 0 Å². The highest BCUT2D eigenvalue weighted by Gasteiger charge is 2.18. The summed E-state index contributed by atoms with van der Waals surface area (Å²) in [6.07, 6.45) is 0.299. The Hall–Kier alpha value is -3.34. The van der Waals surface area contributed by atoms with E-state index in [-0.39, 0.29) is 17.7 Å². The Morgan fingerprint density at radius 1 is 0.929 bits per heavy atom. The topological polar surface area (TPSA) is 63.1 Å². The molecule has 2 aromatic carbocycles. The second-order valence-corrected chi connectivity index (χ2v) is 6.97. The Kier molecular flexibility index (Phi) is 5.94. The van der Waals surface area contributed by atoms with E-state index in [4.69, 9.17) is 0 Å². The van der Waals surface area contributed by atoms with Gasteiger partial charge in [0.05, 0.1) is 5.56 Å². The van der Waals surface area contributed by atoms with E-state index in [1.54, 1.807) is 0 Å². The molecule has 0 saturated heterocycles. The lowest BCUT2D eigenvalue weighted by Crippen LogP contribution is -2.42. The van der Waals surface area contributed by atoms with Crippen LogP contribution < -0.4 is 10.9 Å². The standard InChI is InChI=1S/C23H25N3O2/c1-16(19-10-6-4-7-11-19)14-22(27)24-25-23(28)21-15-17(2)26(18(21)3)20-12-8-5-9-13-20/h4-13,15-16H,14H2,1-3H3,(H,24,27)(H,25,28). The van der Waals surface area contributed by atoms with Gasteiger partial charge in [0.2, 0.25) is 5.91 Å². The quantitative estimate of drug-likeness (QED) is 0.661. The second kappa shape index (κ2) is 8.57. The molecule has 3 aromatic rings. The second-order valence-electron chi connectivity index (χ2n) is 6.97. The van der Waals surface area contributed by atoms with E-state index in [0.717, 1.165) is 22.6 Å². The zero-order valence-corrected chi connectivity index (χ0v) is 16.4. The Morgan fingerprint density at radius 2 is 1.54 bits per heavy atom. The van der Waals surface area contributed by atoms with Crippen LogP contribution in [0, 0.1) is 13.8 Å². The molecule has 1 atom stereocenters. The molecule has 1 unspecified atom stereocenters. The Morgan fingerprint density at radius 3 is 2.18 bits per heavy atom. The van der Waals surface area contributed by atoms with Crippen molar-refractivity contribution in [3.8, 4) is 5.69 Å². The fourth-order valence-corrected chi connectivity index (χ4v) is 3.39. The maximum absolute atomic E-state index is 12.6. The predicted octanol–water partition coefficient (Wildman–Crippen LogP) is 4.05. The minimum Gasteiger partial charge on any atom is -0.318 e. The first-order chi connectivity index (χ1) is 13.5. The Labute approximate surface area is 165 Å². The number of hydrazine groups is 1. The van der Waals surface area contributed by atoms with Crippen LogP contribution in [0.2, 0.25) is 0 Å². The minimum absolute atomic E-state index is 0.0706. The molecule has 144 valence electrons. The van der Waals surface area contributed by atoms with Crippen LogP contribution in [0.5, 0.6) is 0 Å². The smallest absolute Gasteiger partial charge is 0.271 e. The van der Waals surface area contributed by atoms with Gasteiger partial charge in [-0.3, -0.25) is 20.4 Å². The van der Waals surface area contributed by atoms with Crippen LogP contribution >= 0.6 is 0 Å². The van der Waals surface area contributed by atoms with Crippen molar-refractivity contribution >= 4 is 11.8 Å². The molecule has 2 amide bonds. The molecule has 1 heterocycles. The lowest BCUT2D eigenvalue weighted by molar-refractivity contribution is -0.122. The van der Waals surface area contributed by atoms with E-state index >= 15 is 0 Å². The number of nitrogens with zero attached hydrogens (tertiary/aromatic N) is 1. The molecule has 28 heavy (non-hydrogen) atoms. The average molecular weight is 375 g/mol. The Bertz CT molecular complexity index is 962. The summed E-state index contributed by atoms with van der Waals surface area (Å²) in [6, 6.07) is 21.5. The number of hydrogen-bond acceptors (Lipinski definition) is 2. The van der Waals surface area contributed by atoms with Gasteiger partial charge in [0.1, 0.15) is 0 Å². The normalized spacial score (nSPS) is 11.7. The number of nitrogens with one attached hydrogen (secondary N) is 2. The van der Waals surface area contributed by atoms with E-state index in [0.29, 0.717) is 12.0 Å². The summed E-state index contributed by atoms with van der Waals surface area (Å²) in [6.45, 7) is 5.84. The van der Waals surface area contributed by atoms with Crippen molar-refractivity contribution in [3.05, 3.63) is 89.2 Å². The fourth-order valence-electron chi connectivity index (χ4n) is 3.39. The third-order valence-corrected chi connectivity index (χ3v) is 4.87. The highest BCUT2D eigenvalue weighted by Crippen LogP contribution is 2.21. The molecule has 0 spiro atoms. The lowest BCUT2D eigenvalue weighted by Gasteiger charge is -2.13. The van der Waals surface area contributed by atoms with E-state index in [9.17, 15) is 9.59 Å². The molecule has 5 nitrogen and oxygen atoms in total. The van der Waals surface area contributed by atoms with E-state index in [1.165, 1.54) is 0 Å². The maximum atomic E-state index is 12.6. The summed E-state index contributed by atoms with van der Waals surface area (Å²) < 4.78 is 2.02. The molecular formula is C23H25N3O2. The number of benzene rings is 2. The number of rotatable bonds is 5. The van der Waals surface area contributed by atoms with Crippen molar-refractivity contribution in [2.75, 3.05) is 0 Å². The number of carbonyl (C=O) groups excluding carboxylic acids is 2. The van der Waals surface area contributed by atoms with Crippen molar-refractivity contribution in [3.63, 3.8) is 0 Å². The molecule has 0 saturated carbocycles. The van der Waals surface area contributed by atoms with Crippen LogP contribution in [0.3, 0.4) is 0 Å². The molecule has 0 aliphatic carbocycles. The van der Waals surface area contributed by atoms with Gasteiger partial charge in [-0.2, -0.15) is 0 Å². The first-order valence-electron chi connectivity index (χ1n) is 9.36. The largest absolute Gasteiger partial charge is 0.318 e. The molecule has 5 heteroatoms. The van der Waals surface area contributed by atoms with Gasteiger partial charge in [0.25, 0.3) is 5.91 Å². The molecule has 0 aliphatic rings. The number of amides is 2. The number of carbonyl (C=O) groups is 2. The molecule has 0 aliphatic heterocycles. The van der Waals surface area contributed by atoms with Gasteiger partial charge in [0, 0.05) is 23.5 Å². The first kappa shape index (κ1) is 19.4. The summed E-state index contributed by atoms with van der Waals surface area (Å²) >= 11 is 0. The van der Waals surface area contributed by atoms with E-state index < -0.39 is 0 Å². The number of hydrogen-bond donors (Lipinski definition) is 2. The molecule has 0 bridgehead atoms. The van der Waals surface area contributed by atoms with Crippen LogP contribution in [-0.2, 0) is 4.79 Å². The van der Waals surface area contributed by atoms with Crippen molar-refractivity contribution < 1.29 is 9.59 Å². The number of para-hydroxylation sites is 1. The fraction of sp³-hybridized carbons (Fsp3) is 0.217.